The van der Waals surface area contributed by atoms with Gasteiger partial charge in [0.05, 0.1) is 12.2 Å². The molecule has 0 unspecified atom stereocenters. The Morgan fingerprint density at radius 1 is 1.20 bits per heavy atom. The van der Waals surface area contributed by atoms with Crippen LogP contribution >= 0.6 is 12.4 Å². The molecule has 1 saturated carbocycles. The van der Waals surface area contributed by atoms with Crippen LogP contribution in [0.15, 0.2) is 6.20 Å². The maximum absolute atomic E-state index is 12.6. The Labute approximate surface area is 156 Å². The molecule has 0 radical (unpaired) electrons. The minimum atomic E-state index is -0.0892. The van der Waals surface area contributed by atoms with Gasteiger partial charge in [-0.25, -0.2) is 4.68 Å². The van der Waals surface area contributed by atoms with Gasteiger partial charge in [-0.15, -0.1) is 17.5 Å². The van der Waals surface area contributed by atoms with Gasteiger partial charge in [-0.1, -0.05) is 32.9 Å². The number of hydrogen-bond donors (Lipinski definition) is 2. The van der Waals surface area contributed by atoms with E-state index < -0.39 is 0 Å². The number of nitrogens with one attached hydrogen (secondary N) is 2. The SMILES string of the molecule is CC1(C)CC(NC(=O)c2cn(C3CCNCC3)nn2)CC(C)(C)C1.Cl. The Balaban J connectivity index is 0.00000225. The number of carbonyl (C=O) groups excluding carboxylic acids is 1. The molecule has 2 heterocycles. The largest absolute Gasteiger partial charge is 0.348 e. The molecule has 2 fully saturated rings. The molecule has 1 aliphatic carbocycles. The number of hydrogen-bond acceptors (Lipinski definition) is 4. The molecular formula is C18H32ClN5O. The van der Waals surface area contributed by atoms with Gasteiger partial charge in [0.2, 0.25) is 0 Å². The molecule has 0 spiro atoms. The molecule has 142 valence electrons. The van der Waals surface area contributed by atoms with Crippen molar-refractivity contribution in [3.05, 3.63) is 11.9 Å². The highest BCUT2D eigenvalue weighted by molar-refractivity contribution is 5.92. The Hall–Kier alpha value is -1.14. The summed E-state index contributed by atoms with van der Waals surface area (Å²) in [5, 5.41) is 14.8. The van der Waals surface area contributed by atoms with Crippen molar-refractivity contribution in [2.75, 3.05) is 13.1 Å². The second kappa shape index (κ2) is 7.62. The van der Waals surface area contributed by atoms with Crippen molar-refractivity contribution in [3.63, 3.8) is 0 Å². The Morgan fingerprint density at radius 2 is 1.80 bits per heavy atom. The number of nitrogens with zero attached hydrogens (tertiary/aromatic N) is 3. The fourth-order valence-corrected chi connectivity index (χ4v) is 4.84. The van der Waals surface area contributed by atoms with Crippen molar-refractivity contribution in [2.45, 2.75) is 71.9 Å². The molecule has 1 saturated heterocycles. The first-order chi connectivity index (χ1) is 11.2. The van der Waals surface area contributed by atoms with E-state index >= 15 is 0 Å². The fourth-order valence-electron chi connectivity index (χ4n) is 4.84. The van der Waals surface area contributed by atoms with Crippen LogP contribution in [0.5, 0.6) is 0 Å². The average molecular weight is 370 g/mol. The zero-order valence-corrected chi connectivity index (χ0v) is 16.7. The first kappa shape index (κ1) is 20.2. The van der Waals surface area contributed by atoms with Crippen LogP contribution in [0.1, 0.15) is 76.3 Å². The zero-order chi connectivity index (χ0) is 17.4. The van der Waals surface area contributed by atoms with E-state index in [0.29, 0.717) is 11.7 Å². The molecule has 7 heteroatoms. The highest BCUT2D eigenvalue weighted by Crippen LogP contribution is 2.45. The fraction of sp³-hybridized carbons (Fsp3) is 0.833. The smallest absolute Gasteiger partial charge is 0.273 e. The third-order valence-electron chi connectivity index (χ3n) is 5.32. The van der Waals surface area contributed by atoms with E-state index in [2.05, 4.69) is 48.6 Å². The number of carbonyl (C=O) groups is 1. The van der Waals surface area contributed by atoms with Crippen molar-refractivity contribution in [1.82, 2.24) is 25.6 Å². The van der Waals surface area contributed by atoms with Crippen LogP contribution in [-0.2, 0) is 0 Å². The van der Waals surface area contributed by atoms with Crippen molar-refractivity contribution in [1.29, 1.82) is 0 Å². The second-order valence-electron chi connectivity index (χ2n) is 9.15. The van der Waals surface area contributed by atoms with Gasteiger partial charge in [-0.05, 0) is 56.0 Å². The molecule has 0 atom stereocenters. The summed E-state index contributed by atoms with van der Waals surface area (Å²) in [5.74, 6) is -0.0892. The van der Waals surface area contributed by atoms with Gasteiger partial charge in [0.15, 0.2) is 5.69 Å². The van der Waals surface area contributed by atoms with Crippen LogP contribution in [0.4, 0.5) is 0 Å². The molecule has 25 heavy (non-hydrogen) atoms. The van der Waals surface area contributed by atoms with Gasteiger partial charge in [-0.3, -0.25) is 4.79 Å². The number of aromatic nitrogens is 3. The number of rotatable bonds is 3. The summed E-state index contributed by atoms with van der Waals surface area (Å²) in [6.45, 7) is 11.2. The maximum Gasteiger partial charge on any atom is 0.273 e. The number of piperidine rings is 1. The van der Waals surface area contributed by atoms with E-state index in [0.717, 1.165) is 38.8 Å². The summed E-state index contributed by atoms with van der Waals surface area (Å²) in [7, 11) is 0. The topological polar surface area (TPSA) is 71.8 Å². The lowest BCUT2D eigenvalue weighted by atomic mass is 9.63. The second-order valence-corrected chi connectivity index (χ2v) is 9.15. The molecule has 1 aromatic rings. The Morgan fingerprint density at radius 3 is 2.40 bits per heavy atom. The van der Waals surface area contributed by atoms with Crippen molar-refractivity contribution >= 4 is 18.3 Å². The van der Waals surface area contributed by atoms with Crippen molar-refractivity contribution < 1.29 is 4.79 Å². The lowest BCUT2D eigenvalue weighted by molar-refractivity contribution is 0.0710. The monoisotopic (exact) mass is 369 g/mol. The molecule has 2 aliphatic rings. The summed E-state index contributed by atoms with van der Waals surface area (Å²) in [5.41, 5.74) is 0.952. The van der Waals surface area contributed by atoms with Gasteiger partial charge in [0.25, 0.3) is 5.91 Å². The van der Waals surface area contributed by atoms with Gasteiger partial charge in [0.1, 0.15) is 0 Å². The van der Waals surface area contributed by atoms with Gasteiger partial charge >= 0.3 is 0 Å². The highest BCUT2D eigenvalue weighted by Gasteiger charge is 2.39. The molecule has 1 amide bonds. The molecule has 0 aromatic carbocycles. The van der Waals surface area contributed by atoms with Crippen molar-refractivity contribution in [2.24, 2.45) is 10.8 Å². The van der Waals surface area contributed by atoms with Crippen LogP contribution < -0.4 is 10.6 Å². The molecule has 1 aromatic heterocycles. The van der Waals surface area contributed by atoms with Crippen LogP contribution in [-0.4, -0.2) is 40.0 Å². The lowest BCUT2D eigenvalue weighted by Crippen LogP contribution is -2.46. The molecule has 3 rings (SSSR count). The molecule has 0 bridgehead atoms. The molecular weight excluding hydrogens is 338 g/mol. The number of halogens is 1. The summed E-state index contributed by atoms with van der Waals surface area (Å²) < 4.78 is 1.87. The highest BCUT2D eigenvalue weighted by atomic mass is 35.5. The average Bonchev–Trinajstić information content (AvgIpc) is 2.94. The van der Waals surface area contributed by atoms with Crippen LogP contribution in [0.2, 0.25) is 0 Å². The minimum absolute atomic E-state index is 0. The van der Waals surface area contributed by atoms with Crippen LogP contribution in [0.25, 0.3) is 0 Å². The predicted octanol–water partition coefficient (Wildman–Crippen LogP) is 2.96. The first-order valence-corrected chi connectivity index (χ1v) is 9.18. The van der Waals surface area contributed by atoms with Crippen LogP contribution in [0.3, 0.4) is 0 Å². The van der Waals surface area contributed by atoms with Gasteiger partial charge < -0.3 is 10.6 Å². The summed E-state index contributed by atoms with van der Waals surface area (Å²) >= 11 is 0. The van der Waals surface area contributed by atoms with Gasteiger partial charge in [-0.2, -0.15) is 0 Å². The van der Waals surface area contributed by atoms with Gasteiger partial charge in [0, 0.05) is 6.04 Å². The molecule has 2 N–H and O–H groups in total. The van der Waals surface area contributed by atoms with E-state index in [1.54, 1.807) is 0 Å². The Kier molecular flexibility index (Phi) is 6.15. The van der Waals surface area contributed by atoms with E-state index in [4.69, 9.17) is 0 Å². The summed E-state index contributed by atoms with van der Waals surface area (Å²) in [6, 6.07) is 0.563. The first-order valence-electron chi connectivity index (χ1n) is 9.18. The third kappa shape index (κ3) is 5.17. The van der Waals surface area contributed by atoms with Crippen LogP contribution in [0, 0.1) is 10.8 Å². The van der Waals surface area contributed by atoms with E-state index in [9.17, 15) is 4.79 Å². The predicted molar refractivity (Wildman–Crippen MR) is 101 cm³/mol. The third-order valence-corrected chi connectivity index (χ3v) is 5.32. The Bertz CT molecular complexity index is 576. The summed E-state index contributed by atoms with van der Waals surface area (Å²) in [4.78, 5) is 12.6. The maximum atomic E-state index is 12.6. The summed E-state index contributed by atoms with van der Waals surface area (Å²) in [6.07, 6.45) is 7.11. The van der Waals surface area contributed by atoms with E-state index in [-0.39, 0.29) is 35.2 Å². The zero-order valence-electron chi connectivity index (χ0n) is 15.8. The van der Waals surface area contributed by atoms with E-state index in [1.807, 2.05) is 10.9 Å². The standard InChI is InChI=1S/C18H31N5O.ClH/c1-17(2)9-13(10-18(3,4)12-17)20-16(24)15-11-23(22-21-15)14-5-7-19-8-6-14;/h11,13-14,19H,5-10,12H2,1-4H3,(H,20,24);1H. The van der Waals surface area contributed by atoms with E-state index in [1.165, 1.54) is 6.42 Å². The number of amides is 1. The quantitative estimate of drug-likeness (QED) is 0.859. The molecule has 1 aliphatic heterocycles. The minimum Gasteiger partial charge on any atom is -0.348 e. The van der Waals surface area contributed by atoms with Crippen molar-refractivity contribution in [3.8, 4) is 0 Å². The molecule has 6 nitrogen and oxygen atoms in total. The lowest BCUT2D eigenvalue weighted by Gasteiger charge is -2.45. The normalized spacial score (nSPS) is 23.7.